The highest BCUT2D eigenvalue weighted by atomic mass is 15.0. The van der Waals surface area contributed by atoms with Gasteiger partial charge in [-0.15, -0.1) is 0 Å². The Morgan fingerprint density at radius 3 is 1.70 bits per heavy atom. The minimum Gasteiger partial charge on any atom is -0.309 e. The number of benzene rings is 7. The van der Waals surface area contributed by atoms with Crippen LogP contribution in [-0.2, 0) is 0 Å². The fourth-order valence-corrected chi connectivity index (χ4v) is 6.87. The predicted octanol–water partition coefficient (Wildman–Crippen LogP) is 11.0. The van der Waals surface area contributed by atoms with Crippen molar-refractivity contribution in [3.05, 3.63) is 157 Å². The zero-order chi connectivity index (χ0) is 28.5. The average molecular weight is 549 g/mol. The Balaban J connectivity index is 1.26. The van der Waals surface area contributed by atoms with E-state index in [2.05, 4.69) is 168 Å². The fourth-order valence-electron chi connectivity index (χ4n) is 6.87. The van der Waals surface area contributed by atoms with Crippen molar-refractivity contribution >= 4 is 54.4 Å². The molecule has 0 aliphatic rings. The maximum Gasteiger partial charge on any atom is 0.0547 e. The van der Waals surface area contributed by atoms with Crippen LogP contribution in [-0.4, -0.2) is 9.13 Å². The van der Waals surface area contributed by atoms with Crippen LogP contribution in [0, 0.1) is 6.92 Å². The number of nitrogens with zero attached hydrogens (tertiary/aromatic N) is 2. The van der Waals surface area contributed by atoms with Gasteiger partial charge in [-0.1, -0.05) is 103 Å². The van der Waals surface area contributed by atoms with Gasteiger partial charge in [0.2, 0.25) is 0 Å². The molecular weight excluding hydrogens is 520 g/mol. The van der Waals surface area contributed by atoms with Crippen molar-refractivity contribution in [1.82, 2.24) is 9.13 Å². The van der Waals surface area contributed by atoms with Crippen LogP contribution in [0.2, 0.25) is 0 Å². The van der Waals surface area contributed by atoms with Crippen molar-refractivity contribution < 1.29 is 0 Å². The number of fused-ring (bicyclic) bond motifs is 7. The van der Waals surface area contributed by atoms with E-state index in [4.69, 9.17) is 0 Å². The van der Waals surface area contributed by atoms with Gasteiger partial charge < -0.3 is 9.13 Å². The van der Waals surface area contributed by atoms with Gasteiger partial charge in [0.1, 0.15) is 0 Å². The number of aryl methyl sites for hydroxylation is 1. The van der Waals surface area contributed by atoms with Gasteiger partial charge in [0, 0.05) is 32.9 Å². The molecule has 0 bridgehead atoms. The summed E-state index contributed by atoms with van der Waals surface area (Å²) in [5, 5.41) is 7.59. The second-order valence-electron chi connectivity index (χ2n) is 11.5. The third-order valence-corrected chi connectivity index (χ3v) is 8.96. The monoisotopic (exact) mass is 548 g/mol. The smallest absolute Gasteiger partial charge is 0.0547 e. The van der Waals surface area contributed by atoms with Gasteiger partial charge in [0.15, 0.2) is 0 Å². The zero-order valence-corrected chi connectivity index (χ0v) is 23.8. The summed E-state index contributed by atoms with van der Waals surface area (Å²) >= 11 is 0. The molecule has 0 radical (unpaired) electrons. The SMILES string of the molecule is Cc1ccc(-n2c3ccccc3c3ccc(-c4ccc5c(c4)c4ccccc4n5-c4ccc5ccccc5c4)cc32)cc1. The predicted molar refractivity (Wildman–Crippen MR) is 183 cm³/mol. The lowest BCUT2D eigenvalue weighted by Crippen LogP contribution is -1.94. The average Bonchev–Trinajstić information content (AvgIpc) is 3.57. The largest absolute Gasteiger partial charge is 0.309 e. The third-order valence-electron chi connectivity index (χ3n) is 8.96. The molecule has 9 aromatic rings. The van der Waals surface area contributed by atoms with Crippen molar-refractivity contribution in [2.45, 2.75) is 6.92 Å². The molecule has 2 heteroatoms. The van der Waals surface area contributed by atoms with Crippen LogP contribution >= 0.6 is 0 Å². The molecule has 0 saturated carbocycles. The number of hydrogen-bond donors (Lipinski definition) is 0. The Morgan fingerprint density at radius 1 is 0.349 bits per heavy atom. The van der Waals surface area contributed by atoms with Crippen molar-refractivity contribution in [3.63, 3.8) is 0 Å². The molecule has 43 heavy (non-hydrogen) atoms. The summed E-state index contributed by atoms with van der Waals surface area (Å²) in [4.78, 5) is 0. The molecule has 0 spiro atoms. The molecular formula is C41H28N2. The van der Waals surface area contributed by atoms with E-state index in [0.717, 1.165) is 0 Å². The molecule has 0 amide bonds. The Bertz CT molecular complexity index is 2510. The van der Waals surface area contributed by atoms with Crippen LogP contribution in [0.3, 0.4) is 0 Å². The fraction of sp³-hybridized carbons (Fsp3) is 0.0244. The second kappa shape index (κ2) is 9.20. The molecule has 2 nitrogen and oxygen atoms in total. The molecule has 0 N–H and O–H groups in total. The molecule has 0 saturated heterocycles. The van der Waals surface area contributed by atoms with Crippen molar-refractivity contribution in [2.24, 2.45) is 0 Å². The van der Waals surface area contributed by atoms with Gasteiger partial charge in [-0.2, -0.15) is 0 Å². The first-order valence-corrected chi connectivity index (χ1v) is 14.9. The lowest BCUT2D eigenvalue weighted by Gasteiger charge is -2.11. The first-order chi connectivity index (χ1) is 21.2. The third kappa shape index (κ3) is 3.67. The molecule has 2 aromatic heterocycles. The molecule has 0 unspecified atom stereocenters. The van der Waals surface area contributed by atoms with E-state index in [1.54, 1.807) is 0 Å². The van der Waals surface area contributed by atoms with Gasteiger partial charge >= 0.3 is 0 Å². The van der Waals surface area contributed by atoms with E-state index in [-0.39, 0.29) is 0 Å². The van der Waals surface area contributed by atoms with Crippen LogP contribution in [0.15, 0.2) is 152 Å². The zero-order valence-electron chi connectivity index (χ0n) is 23.8. The molecule has 0 atom stereocenters. The van der Waals surface area contributed by atoms with Crippen LogP contribution in [0.1, 0.15) is 5.56 Å². The Kier molecular flexibility index (Phi) is 5.15. The first-order valence-electron chi connectivity index (χ1n) is 14.9. The second-order valence-corrected chi connectivity index (χ2v) is 11.5. The quantitative estimate of drug-likeness (QED) is 0.208. The normalized spacial score (nSPS) is 11.8. The molecule has 0 aliphatic carbocycles. The number of rotatable bonds is 3. The van der Waals surface area contributed by atoms with Crippen LogP contribution in [0.5, 0.6) is 0 Å². The Labute approximate surface area is 249 Å². The molecule has 202 valence electrons. The van der Waals surface area contributed by atoms with Crippen LogP contribution in [0.25, 0.3) is 76.9 Å². The minimum absolute atomic E-state index is 1.18. The summed E-state index contributed by atoms with van der Waals surface area (Å²) in [6.07, 6.45) is 0. The van der Waals surface area contributed by atoms with E-state index < -0.39 is 0 Å². The summed E-state index contributed by atoms with van der Waals surface area (Å²) in [5.74, 6) is 0. The lowest BCUT2D eigenvalue weighted by molar-refractivity contribution is 1.17. The van der Waals surface area contributed by atoms with E-state index >= 15 is 0 Å². The lowest BCUT2D eigenvalue weighted by atomic mass is 10.0. The van der Waals surface area contributed by atoms with Gasteiger partial charge in [-0.25, -0.2) is 0 Å². The molecule has 7 aromatic carbocycles. The highest BCUT2D eigenvalue weighted by molar-refractivity contribution is 6.12. The van der Waals surface area contributed by atoms with E-state index in [0.29, 0.717) is 0 Å². The maximum atomic E-state index is 2.40. The van der Waals surface area contributed by atoms with Crippen molar-refractivity contribution in [2.75, 3.05) is 0 Å². The first kappa shape index (κ1) is 24.0. The molecule has 0 fully saturated rings. The Hall–Kier alpha value is -5.60. The van der Waals surface area contributed by atoms with Gasteiger partial charge in [-0.3, -0.25) is 0 Å². The highest BCUT2D eigenvalue weighted by Gasteiger charge is 2.16. The number of para-hydroxylation sites is 2. The minimum atomic E-state index is 1.18. The van der Waals surface area contributed by atoms with Gasteiger partial charge in [0.25, 0.3) is 0 Å². The van der Waals surface area contributed by atoms with Crippen LogP contribution < -0.4 is 0 Å². The topological polar surface area (TPSA) is 9.86 Å². The summed E-state index contributed by atoms with van der Waals surface area (Å²) in [7, 11) is 0. The van der Waals surface area contributed by atoms with Crippen molar-refractivity contribution in [1.29, 1.82) is 0 Å². The highest BCUT2D eigenvalue weighted by Crippen LogP contribution is 2.38. The number of aromatic nitrogens is 2. The summed E-state index contributed by atoms with van der Waals surface area (Å²) < 4.78 is 4.80. The summed E-state index contributed by atoms with van der Waals surface area (Å²) in [6.45, 7) is 2.14. The van der Waals surface area contributed by atoms with Crippen LogP contribution in [0.4, 0.5) is 0 Å². The molecule has 0 aliphatic heterocycles. The standard InChI is InChI=1S/C41H28N2/c1-27-14-19-32(20-15-27)42-38-12-6-4-10-34(38)36-22-17-31(26-41(36)42)30-18-23-40-37(25-30)35-11-5-7-13-39(35)43(40)33-21-16-28-8-2-3-9-29(28)24-33/h2-26H,1H3. The summed E-state index contributed by atoms with van der Waals surface area (Å²) in [6, 6.07) is 55.5. The van der Waals surface area contributed by atoms with E-state index in [1.165, 1.54) is 82.4 Å². The van der Waals surface area contributed by atoms with Gasteiger partial charge in [-0.05, 0) is 83.4 Å². The molecule has 9 rings (SSSR count). The number of hydrogen-bond acceptors (Lipinski definition) is 0. The molecule has 2 heterocycles. The van der Waals surface area contributed by atoms with E-state index in [1.807, 2.05) is 0 Å². The van der Waals surface area contributed by atoms with Crippen molar-refractivity contribution in [3.8, 4) is 22.5 Å². The van der Waals surface area contributed by atoms with Gasteiger partial charge in [0.05, 0.1) is 22.1 Å². The maximum absolute atomic E-state index is 2.40. The summed E-state index contributed by atoms with van der Waals surface area (Å²) in [5.41, 5.74) is 11.0. The Morgan fingerprint density at radius 2 is 0.907 bits per heavy atom. The van der Waals surface area contributed by atoms with E-state index in [9.17, 15) is 0 Å².